The summed E-state index contributed by atoms with van der Waals surface area (Å²) in [6.07, 6.45) is 6.59. The van der Waals surface area contributed by atoms with Crippen LogP contribution in [0.2, 0.25) is 0 Å². The van der Waals surface area contributed by atoms with Crippen LogP contribution in [-0.2, 0) is 14.3 Å². The van der Waals surface area contributed by atoms with Crippen LogP contribution in [-0.4, -0.2) is 36.2 Å². The maximum Gasteiger partial charge on any atom is 0.326 e. The van der Waals surface area contributed by atoms with E-state index in [1.165, 1.54) is 12.8 Å². The van der Waals surface area contributed by atoms with Crippen molar-refractivity contribution in [2.45, 2.75) is 71.8 Å². The van der Waals surface area contributed by atoms with E-state index in [0.717, 1.165) is 31.6 Å². The minimum Gasteiger partial charge on any atom is -0.480 e. The maximum absolute atomic E-state index is 12.3. The summed E-state index contributed by atoms with van der Waals surface area (Å²) >= 11 is 0. The molecule has 1 amide bonds. The van der Waals surface area contributed by atoms with E-state index in [0.29, 0.717) is 31.0 Å². The van der Waals surface area contributed by atoms with E-state index in [1.807, 2.05) is 0 Å². The van der Waals surface area contributed by atoms with E-state index in [2.05, 4.69) is 26.1 Å². The van der Waals surface area contributed by atoms with Crippen LogP contribution >= 0.6 is 0 Å². The van der Waals surface area contributed by atoms with Crippen molar-refractivity contribution < 1.29 is 19.4 Å². The third kappa shape index (κ3) is 5.47. The molecule has 5 heteroatoms. The molecule has 2 unspecified atom stereocenters. The van der Waals surface area contributed by atoms with Gasteiger partial charge in [-0.2, -0.15) is 0 Å². The van der Waals surface area contributed by atoms with Crippen molar-refractivity contribution in [1.82, 2.24) is 5.32 Å². The van der Waals surface area contributed by atoms with Gasteiger partial charge in [-0.05, 0) is 55.8 Å². The molecule has 1 saturated heterocycles. The fourth-order valence-corrected chi connectivity index (χ4v) is 4.14. The predicted octanol–water partition coefficient (Wildman–Crippen LogP) is 3.23. The molecule has 2 aliphatic rings. The second kappa shape index (κ2) is 8.32. The zero-order valence-corrected chi connectivity index (χ0v) is 15.3. The van der Waals surface area contributed by atoms with Gasteiger partial charge in [0.2, 0.25) is 5.91 Å². The summed E-state index contributed by atoms with van der Waals surface area (Å²) in [5.41, 5.74) is 0.336. The Balaban J connectivity index is 1.80. The number of carboxylic acid groups (broad SMARTS) is 1. The molecule has 0 aromatic heterocycles. The number of aliphatic carboxylic acids is 1. The average molecular weight is 339 g/mol. The van der Waals surface area contributed by atoms with E-state index < -0.39 is 12.0 Å². The van der Waals surface area contributed by atoms with Crippen molar-refractivity contribution in [2.24, 2.45) is 23.2 Å². The van der Waals surface area contributed by atoms with Crippen LogP contribution in [0.25, 0.3) is 0 Å². The number of carbonyl (C=O) groups excluding carboxylic acids is 1. The number of ether oxygens (including phenoxy) is 1. The van der Waals surface area contributed by atoms with Crippen molar-refractivity contribution in [2.75, 3.05) is 13.2 Å². The van der Waals surface area contributed by atoms with Gasteiger partial charge >= 0.3 is 5.97 Å². The lowest BCUT2D eigenvalue weighted by atomic mass is 9.69. The van der Waals surface area contributed by atoms with Crippen molar-refractivity contribution >= 4 is 11.9 Å². The van der Waals surface area contributed by atoms with Crippen LogP contribution < -0.4 is 5.32 Å². The summed E-state index contributed by atoms with van der Waals surface area (Å²) in [4.78, 5) is 23.8. The molecule has 2 rings (SSSR count). The second-order valence-electron chi connectivity index (χ2n) is 8.65. The molecular weight excluding hydrogens is 306 g/mol. The Bertz CT molecular complexity index is 429. The molecule has 0 radical (unpaired) electrons. The Labute approximate surface area is 145 Å². The molecule has 0 aromatic rings. The zero-order chi connectivity index (χ0) is 17.7. The molecule has 24 heavy (non-hydrogen) atoms. The first-order valence-corrected chi connectivity index (χ1v) is 9.37. The molecule has 138 valence electrons. The van der Waals surface area contributed by atoms with E-state index in [-0.39, 0.29) is 11.8 Å². The summed E-state index contributed by atoms with van der Waals surface area (Å²) in [5, 5.41) is 12.2. The van der Waals surface area contributed by atoms with Gasteiger partial charge in [-0.15, -0.1) is 0 Å². The first-order valence-electron chi connectivity index (χ1n) is 9.37. The van der Waals surface area contributed by atoms with Gasteiger partial charge in [0.25, 0.3) is 0 Å². The van der Waals surface area contributed by atoms with Crippen LogP contribution in [0.15, 0.2) is 0 Å². The lowest BCUT2D eigenvalue weighted by Gasteiger charge is -2.37. The summed E-state index contributed by atoms with van der Waals surface area (Å²) in [5.74, 6) is -0.0667. The number of rotatable bonds is 5. The fourth-order valence-electron chi connectivity index (χ4n) is 4.14. The Hall–Kier alpha value is -1.10. The van der Waals surface area contributed by atoms with E-state index in [4.69, 9.17) is 4.74 Å². The summed E-state index contributed by atoms with van der Waals surface area (Å²) in [7, 11) is 0. The summed E-state index contributed by atoms with van der Waals surface area (Å²) in [6, 6.07) is -0.816. The lowest BCUT2D eigenvalue weighted by molar-refractivity contribution is -0.145. The summed E-state index contributed by atoms with van der Waals surface area (Å²) in [6.45, 7) is 7.97. The molecule has 2 N–H and O–H groups in total. The Kier molecular flexibility index (Phi) is 6.67. The van der Waals surface area contributed by atoms with Gasteiger partial charge in [0, 0.05) is 18.9 Å². The van der Waals surface area contributed by atoms with Gasteiger partial charge in [-0.3, -0.25) is 4.79 Å². The van der Waals surface area contributed by atoms with Gasteiger partial charge in [0.05, 0.1) is 6.61 Å². The predicted molar refractivity (Wildman–Crippen MR) is 92.6 cm³/mol. The van der Waals surface area contributed by atoms with Crippen molar-refractivity contribution in [3.63, 3.8) is 0 Å². The Morgan fingerprint density at radius 1 is 1.17 bits per heavy atom. The van der Waals surface area contributed by atoms with E-state index in [1.54, 1.807) is 0 Å². The third-order valence-electron chi connectivity index (χ3n) is 5.80. The van der Waals surface area contributed by atoms with Gasteiger partial charge in [0.15, 0.2) is 0 Å². The maximum atomic E-state index is 12.3. The monoisotopic (exact) mass is 339 g/mol. The molecule has 2 atom stereocenters. The molecule has 0 aromatic carbocycles. The van der Waals surface area contributed by atoms with Gasteiger partial charge in [-0.1, -0.05) is 20.8 Å². The van der Waals surface area contributed by atoms with Crippen molar-refractivity contribution in [3.05, 3.63) is 0 Å². The van der Waals surface area contributed by atoms with Crippen LogP contribution in [0, 0.1) is 23.2 Å². The molecular formula is C19H33NO4. The van der Waals surface area contributed by atoms with Gasteiger partial charge in [-0.25, -0.2) is 4.79 Å². The van der Waals surface area contributed by atoms with Crippen molar-refractivity contribution in [1.29, 1.82) is 0 Å². The Morgan fingerprint density at radius 2 is 1.83 bits per heavy atom. The molecule has 5 nitrogen and oxygen atoms in total. The van der Waals surface area contributed by atoms with Crippen LogP contribution in [0.1, 0.15) is 65.7 Å². The number of carbonyl (C=O) groups is 2. The minimum absolute atomic E-state index is 0.114. The average Bonchev–Trinajstić information content (AvgIpc) is 2.53. The first kappa shape index (κ1) is 19.2. The topological polar surface area (TPSA) is 75.6 Å². The quantitative estimate of drug-likeness (QED) is 0.806. The molecule has 1 aliphatic carbocycles. The molecule has 0 bridgehead atoms. The number of amides is 1. The number of hydrogen-bond donors (Lipinski definition) is 2. The molecule has 1 saturated carbocycles. The second-order valence-corrected chi connectivity index (χ2v) is 8.65. The fraction of sp³-hybridized carbons (Fsp3) is 0.895. The summed E-state index contributed by atoms with van der Waals surface area (Å²) < 4.78 is 5.37. The highest BCUT2D eigenvalue weighted by molar-refractivity contribution is 5.83. The van der Waals surface area contributed by atoms with E-state index in [9.17, 15) is 14.7 Å². The number of carboxylic acids is 1. The van der Waals surface area contributed by atoms with E-state index >= 15 is 0 Å². The van der Waals surface area contributed by atoms with Crippen molar-refractivity contribution in [3.8, 4) is 0 Å². The smallest absolute Gasteiger partial charge is 0.326 e. The molecule has 1 aliphatic heterocycles. The molecule has 2 fully saturated rings. The van der Waals surface area contributed by atoms with Gasteiger partial charge in [0.1, 0.15) is 6.04 Å². The zero-order valence-electron chi connectivity index (χ0n) is 15.3. The molecule has 0 spiro atoms. The SMILES string of the molecule is CC(C)(C)C1CCC(CC(=O)NC(C(=O)O)C2CCCOC2)CC1. The standard InChI is InChI=1S/C19H33NO4/c1-19(2,3)15-8-6-13(7-9-15)11-16(21)20-17(18(22)23)14-5-4-10-24-12-14/h13-15,17H,4-12H2,1-3H3,(H,20,21)(H,22,23). The first-order chi connectivity index (χ1) is 11.3. The highest BCUT2D eigenvalue weighted by Crippen LogP contribution is 2.40. The molecule has 1 heterocycles. The normalized spacial score (nSPS) is 29.7. The van der Waals surface area contributed by atoms with Crippen LogP contribution in [0.4, 0.5) is 0 Å². The highest BCUT2D eigenvalue weighted by Gasteiger charge is 2.33. The van der Waals surface area contributed by atoms with Crippen LogP contribution in [0.3, 0.4) is 0 Å². The largest absolute Gasteiger partial charge is 0.480 e. The third-order valence-corrected chi connectivity index (χ3v) is 5.80. The number of hydrogen-bond acceptors (Lipinski definition) is 3. The van der Waals surface area contributed by atoms with Gasteiger partial charge < -0.3 is 15.2 Å². The lowest BCUT2D eigenvalue weighted by Crippen LogP contribution is -2.48. The number of nitrogens with one attached hydrogen (secondary N) is 1. The Morgan fingerprint density at radius 3 is 2.33 bits per heavy atom. The van der Waals surface area contributed by atoms with Crippen LogP contribution in [0.5, 0.6) is 0 Å². The minimum atomic E-state index is -0.949. The highest BCUT2D eigenvalue weighted by atomic mass is 16.5.